The van der Waals surface area contributed by atoms with Crippen LogP contribution in [0.5, 0.6) is 0 Å². The molecule has 1 aromatic heterocycles. The molecule has 0 radical (unpaired) electrons. The Labute approximate surface area is 98.0 Å². The summed E-state index contributed by atoms with van der Waals surface area (Å²) in [5.74, 6) is 1.40. The van der Waals surface area contributed by atoms with Crippen LogP contribution in [-0.2, 0) is 12.8 Å². The van der Waals surface area contributed by atoms with Crippen molar-refractivity contribution in [2.45, 2.75) is 17.6 Å². The van der Waals surface area contributed by atoms with Crippen LogP contribution in [-0.4, -0.2) is 20.2 Å². The van der Waals surface area contributed by atoms with Crippen molar-refractivity contribution in [1.82, 2.24) is 20.2 Å². The summed E-state index contributed by atoms with van der Waals surface area (Å²) in [7, 11) is 1.75. The van der Waals surface area contributed by atoms with E-state index in [0.29, 0.717) is 11.6 Å². The van der Waals surface area contributed by atoms with Gasteiger partial charge in [0.2, 0.25) is 0 Å². The van der Waals surface area contributed by atoms with Crippen LogP contribution in [0.25, 0.3) is 0 Å². The Kier molecular flexibility index (Phi) is 3.09. The predicted molar refractivity (Wildman–Crippen MR) is 64.0 cm³/mol. The maximum absolute atomic E-state index is 5.88. The number of rotatable bonds is 3. The number of tetrazole rings is 1. The van der Waals surface area contributed by atoms with E-state index in [9.17, 15) is 0 Å². The molecule has 0 saturated carbocycles. The number of aromatic nitrogens is 4. The van der Waals surface area contributed by atoms with Crippen molar-refractivity contribution in [2.75, 3.05) is 5.73 Å². The Morgan fingerprint density at radius 3 is 2.94 bits per heavy atom. The first-order valence-electron chi connectivity index (χ1n) is 4.87. The second kappa shape index (κ2) is 4.52. The van der Waals surface area contributed by atoms with Crippen molar-refractivity contribution < 1.29 is 0 Å². The molecule has 0 spiro atoms. The molecule has 84 valence electrons. The first-order chi connectivity index (χ1) is 7.65. The van der Waals surface area contributed by atoms with E-state index < -0.39 is 0 Å². The smallest absolute Gasteiger partial charge is 0.184 e. The average Bonchev–Trinajstić information content (AvgIpc) is 2.66. The van der Waals surface area contributed by atoms with E-state index in [-0.39, 0.29) is 0 Å². The topological polar surface area (TPSA) is 69.6 Å². The Hall–Kier alpha value is -1.56. The first kappa shape index (κ1) is 10.9. The third-order valence-corrected chi connectivity index (χ3v) is 3.14. The van der Waals surface area contributed by atoms with Gasteiger partial charge in [0.25, 0.3) is 0 Å². The van der Waals surface area contributed by atoms with Gasteiger partial charge in [0.15, 0.2) is 5.82 Å². The van der Waals surface area contributed by atoms with E-state index in [0.717, 1.165) is 10.6 Å². The highest BCUT2D eigenvalue weighted by Gasteiger charge is 2.04. The van der Waals surface area contributed by atoms with E-state index in [4.69, 9.17) is 5.73 Å². The lowest BCUT2D eigenvalue weighted by atomic mass is 10.2. The minimum atomic E-state index is 0.682. The molecule has 16 heavy (non-hydrogen) atoms. The minimum absolute atomic E-state index is 0.682. The highest BCUT2D eigenvalue weighted by molar-refractivity contribution is 7.98. The van der Waals surface area contributed by atoms with Gasteiger partial charge < -0.3 is 5.73 Å². The second-order valence-electron chi connectivity index (χ2n) is 3.53. The second-order valence-corrected chi connectivity index (χ2v) is 4.54. The lowest BCUT2D eigenvalue weighted by molar-refractivity contribution is 0.628. The van der Waals surface area contributed by atoms with Gasteiger partial charge in [-0.3, -0.25) is 0 Å². The summed E-state index contributed by atoms with van der Waals surface area (Å²) in [4.78, 5) is 2.52. The summed E-state index contributed by atoms with van der Waals surface area (Å²) in [6.07, 6.45) is 0. The van der Waals surface area contributed by atoms with Crippen LogP contribution >= 0.6 is 11.8 Å². The lowest BCUT2D eigenvalue weighted by Crippen LogP contribution is -1.93. The van der Waals surface area contributed by atoms with Gasteiger partial charge in [0.1, 0.15) is 0 Å². The van der Waals surface area contributed by atoms with Gasteiger partial charge in [0, 0.05) is 10.6 Å². The van der Waals surface area contributed by atoms with Crippen LogP contribution in [0.1, 0.15) is 11.4 Å². The quantitative estimate of drug-likeness (QED) is 0.643. The van der Waals surface area contributed by atoms with E-state index in [1.165, 1.54) is 10.4 Å². The molecule has 0 bridgehead atoms. The summed E-state index contributed by atoms with van der Waals surface area (Å²) < 4.78 is 0. The van der Waals surface area contributed by atoms with Crippen molar-refractivity contribution >= 4 is 17.4 Å². The monoisotopic (exact) mass is 235 g/mol. The van der Waals surface area contributed by atoms with Gasteiger partial charge in [-0.2, -0.15) is 4.80 Å². The zero-order valence-corrected chi connectivity index (χ0v) is 10.0. The molecule has 2 N–H and O–H groups in total. The average molecular weight is 235 g/mol. The number of hydrogen-bond donors (Lipinski definition) is 1. The normalized spacial score (nSPS) is 10.6. The van der Waals surface area contributed by atoms with Crippen molar-refractivity contribution in [3.63, 3.8) is 0 Å². The number of aryl methyl sites for hydroxylation is 2. The number of hydrogen-bond acceptors (Lipinski definition) is 5. The zero-order chi connectivity index (χ0) is 11.5. The number of nitrogen functional groups attached to an aromatic ring is 1. The van der Waals surface area contributed by atoms with Gasteiger partial charge in [-0.25, -0.2) is 0 Å². The molecule has 0 aliphatic carbocycles. The number of nitrogens with zero attached hydrogens (tertiary/aromatic N) is 4. The third kappa shape index (κ3) is 2.52. The molecular weight excluding hydrogens is 222 g/mol. The SMILES string of the molecule is Cc1ccc(N)c(SCc2nnn(C)n2)c1. The van der Waals surface area contributed by atoms with Gasteiger partial charge in [0.05, 0.1) is 12.8 Å². The van der Waals surface area contributed by atoms with Crippen LogP contribution in [0.2, 0.25) is 0 Å². The zero-order valence-electron chi connectivity index (χ0n) is 9.21. The van der Waals surface area contributed by atoms with Crippen LogP contribution in [0, 0.1) is 6.92 Å². The molecule has 1 heterocycles. The molecule has 2 aromatic rings. The molecule has 0 aliphatic rings. The van der Waals surface area contributed by atoms with Crippen LogP contribution in [0.15, 0.2) is 23.1 Å². The van der Waals surface area contributed by atoms with Gasteiger partial charge in [-0.15, -0.1) is 22.0 Å². The molecule has 6 heteroatoms. The summed E-state index contributed by atoms with van der Waals surface area (Å²) in [6, 6.07) is 5.98. The molecule has 0 atom stereocenters. The molecule has 0 saturated heterocycles. The standard InChI is InChI=1S/C10H13N5S/c1-7-3-4-8(11)9(5-7)16-6-10-12-14-15(2)13-10/h3-5H,6,11H2,1-2H3. The van der Waals surface area contributed by atoms with Gasteiger partial charge >= 0.3 is 0 Å². The molecule has 0 aliphatic heterocycles. The largest absolute Gasteiger partial charge is 0.398 e. The fourth-order valence-electron chi connectivity index (χ4n) is 1.29. The highest BCUT2D eigenvalue weighted by Crippen LogP contribution is 2.27. The summed E-state index contributed by atoms with van der Waals surface area (Å²) in [6.45, 7) is 2.05. The molecule has 1 aromatic carbocycles. The number of anilines is 1. The summed E-state index contributed by atoms with van der Waals surface area (Å²) >= 11 is 1.62. The van der Waals surface area contributed by atoms with Crippen molar-refractivity contribution in [2.24, 2.45) is 7.05 Å². The third-order valence-electron chi connectivity index (χ3n) is 2.08. The van der Waals surface area contributed by atoms with E-state index in [2.05, 4.69) is 21.5 Å². The number of nitrogens with two attached hydrogens (primary N) is 1. The van der Waals surface area contributed by atoms with Crippen molar-refractivity contribution in [3.05, 3.63) is 29.6 Å². The Morgan fingerprint density at radius 1 is 1.44 bits per heavy atom. The van der Waals surface area contributed by atoms with Crippen molar-refractivity contribution in [1.29, 1.82) is 0 Å². The summed E-state index contributed by atoms with van der Waals surface area (Å²) in [5, 5.41) is 11.8. The van der Waals surface area contributed by atoms with Gasteiger partial charge in [-0.05, 0) is 29.8 Å². The molecular formula is C10H13N5S. The van der Waals surface area contributed by atoms with Crippen LogP contribution < -0.4 is 5.73 Å². The Balaban J connectivity index is 2.07. The maximum Gasteiger partial charge on any atom is 0.184 e. The first-order valence-corrected chi connectivity index (χ1v) is 5.85. The predicted octanol–water partition coefficient (Wildman–Crippen LogP) is 1.39. The van der Waals surface area contributed by atoms with E-state index in [1.54, 1.807) is 18.8 Å². The molecule has 2 rings (SSSR count). The van der Waals surface area contributed by atoms with Crippen LogP contribution in [0.3, 0.4) is 0 Å². The minimum Gasteiger partial charge on any atom is -0.398 e. The fraction of sp³-hybridized carbons (Fsp3) is 0.300. The number of benzene rings is 1. The number of thioether (sulfide) groups is 1. The summed E-state index contributed by atoms with van der Waals surface area (Å²) in [5.41, 5.74) is 7.87. The fourth-order valence-corrected chi connectivity index (χ4v) is 2.19. The van der Waals surface area contributed by atoms with Crippen LogP contribution in [0.4, 0.5) is 5.69 Å². The lowest BCUT2D eigenvalue weighted by Gasteiger charge is -2.04. The van der Waals surface area contributed by atoms with E-state index >= 15 is 0 Å². The molecule has 0 fully saturated rings. The maximum atomic E-state index is 5.88. The van der Waals surface area contributed by atoms with Gasteiger partial charge in [-0.1, -0.05) is 6.07 Å². The molecule has 5 nitrogen and oxygen atoms in total. The Bertz CT molecular complexity index is 494. The molecule has 0 unspecified atom stereocenters. The highest BCUT2D eigenvalue weighted by atomic mass is 32.2. The van der Waals surface area contributed by atoms with Crippen molar-refractivity contribution in [3.8, 4) is 0 Å². The Morgan fingerprint density at radius 2 is 2.25 bits per heavy atom. The molecule has 0 amide bonds. The van der Waals surface area contributed by atoms with E-state index in [1.807, 2.05) is 19.1 Å².